The van der Waals surface area contributed by atoms with Gasteiger partial charge in [0.05, 0.1) is 5.69 Å². The lowest BCUT2D eigenvalue weighted by Gasteiger charge is -2.11. The number of rotatable bonds is 6. The van der Waals surface area contributed by atoms with Crippen molar-refractivity contribution in [2.75, 3.05) is 7.05 Å². The lowest BCUT2D eigenvalue weighted by molar-refractivity contribution is 0.137. The van der Waals surface area contributed by atoms with Crippen LogP contribution < -0.4 is 5.32 Å². The van der Waals surface area contributed by atoms with E-state index in [0.29, 0.717) is 12.4 Å². The molecule has 7 heteroatoms. The molecule has 1 amide bonds. The highest BCUT2D eigenvalue weighted by Crippen LogP contribution is 2.35. The summed E-state index contributed by atoms with van der Waals surface area (Å²) >= 11 is 1.47. The number of imidazole rings is 1. The third-order valence-electron chi connectivity index (χ3n) is 3.44. The fourth-order valence-corrected chi connectivity index (χ4v) is 3.54. The van der Waals surface area contributed by atoms with Crippen LogP contribution in [0, 0.1) is 5.82 Å². The number of amides is 1. The summed E-state index contributed by atoms with van der Waals surface area (Å²) in [6.45, 7) is 6.90. The number of carbonyl (C=O) groups excluding carboxylic acids is 1. The van der Waals surface area contributed by atoms with Crippen molar-refractivity contribution in [1.29, 1.82) is 0 Å². The molecule has 1 heterocycles. The van der Waals surface area contributed by atoms with Crippen LogP contribution in [0.15, 0.2) is 34.2 Å². The van der Waals surface area contributed by atoms with Crippen LogP contribution in [0.25, 0.3) is 0 Å². The van der Waals surface area contributed by atoms with Crippen molar-refractivity contribution < 1.29 is 13.9 Å². The fourth-order valence-electron chi connectivity index (χ4n) is 2.27. The van der Waals surface area contributed by atoms with Gasteiger partial charge < -0.3 is 14.6 Å². The van der Waals surface area contributed by atoms with E-state index in [0.717, 1.165) is 15.6 Å². The molecule has 0 radical (unpaired) electrons. The number of aromatic nitrogens is 2. The van der Waals surface area contributed by atoms with Crippen LogP contribution in [0.3, 0.4) is 0 Å². The smallest absolute Gasteiger partial charge is 0.407 e. The predicted molar refractivity (Wildman–Crippen MR) is 91.8 cm³/mol. The summed E-state index contributed by atoms with van der Waals surface area (Å²) in [5, 5.41) is 3.37. The maximum absolute atomic E-state index is 13.5. The lowest BCUT2D eigenvalue weighted by Crippen LogP contribution is -2.20. The Balaban J connectivity index is 2.36. The zero-order valence-corrected chi connectivity index (χ0v) is 15.1. The minimum Gasteiger partial charge on any atom is -0.441 e. The maximum Gasteiger partial charge on any atom is 0.407 e. The van der Waals surface area contributed by atoms with Crippen LogP contribution in [-0.2, 0) is 17.9 Å². The molecule has 0 saturated heterocycles. The fraction of sp³-hybridized carbons (Fsp3) is 0.412. The summed E-state index contributed by atoms with van der Waals surface area (Å²) in [5.41, 5.74) is 0.918. The van der Waals surface area contributed by atoms with Gasteiger partial charge in [0.1, 0.15) is 16.7 Å². The van der Waals surface area contributed by atoms with Crippen molar-refractivity contribution in [2.45, 2.75) is 49.8 Å². The molecule has 2 aromatic rings. The van der Waals surface area contributed by atoms with Gasteiger partial charge in [-0.3, -0.25) is 0 Å². The Hall–Kier alpha value is -2.02. The number of ether oxygens (including phenoxy) is 1. The molecule has 0 saturated carbocycles. The summed E-state index contributed by atoms with van der Waals surface area (Å²) in [7, 11) is 1.51. The van der Waals surface area contributed by atoms with Gasteiger partial charge in [-0.15, -0.1) is 0 Å². The Morgan fingerprint density at radius 1 is 1.46 bits per heavy atom. The van der Waals surface area contributed by atoms with Gasteiger partial charge in [-0.1, -0.05) is 31.7 Å². The van der Waals surface area contributed by atoms with Crippen molar-refractivity contribution in [3.05, 3.63) is 41.6 Å². The van der Waals surface area contributed by atoms with Gasteiger partial charge in [0.25, 0.3) is 0 Å². The second kappa shape index (κ2) is 8.19. The van der Waals surface area contributed by atoms with Crippen molar-refractivity contribution in [3.63, 3.8) is 0 Å². The SMILES string of the molecule is CCn1c(COC(=O)NC)nc(C(C)C)c1Sc1cccc(F)c1. The minimum atomic E-state index is -0.494. The van der Waals surface area contributed by atoms with Crippen LogP contribution in [0.2, 0.25) is 0 Å². The van der Waals surface area contributed by atoms with Gasteiger partial charge in [-0.25, -0.2) is 14.2 Å². The maximum atomic E-state index is 13.5. The quantitative estimate of drug-likeness (QED) is 0.848. The molecule has 0 aliphatic heterocycles. The molecule has 5 nitrogen and oxygen atoms in total. The molecule has 1 aromatic heterocycles. The highest BCUT2D eigenvalue weighted by atomic mass is 32.2. The van der Waals surface area contributed by atoms with Gasteiger partial charge in [-0.2, -0.15) is 0 Å². The van der Waals surface area contributed by atoms with E-state index in [1.807, 2.05) is 17.6 Å². The standard InChI is InChI=1S/C17H22FN3O2S/c1-5-21-14(10-23-17(22)19-4)20-15(11(2)3)16(21)24-13-8-6-7-12(18)9-13/h6-9,11H,5,10H2,1-4H3,(H,19,22). The average Bonchev–Trinajstić information content (AvgIpc) is 2.90. The molecule has 2 rings (SSSR count). The third kappa shape index (κ3) is 4.29. The molecule has 0 spiro atoms. The van der Waals surface area contributed by atoms with E-state index < -0.39 is 6.09 Å². The van der Waals surface area contributed by atoms with Crippen molar-refractivity contribution in [1.82, 2.24) is 14.9 Å². The number of hydrogen-bond donors (Lipinski definition) is 1. The van der Waals surface area contributed by atoms with Crippen LogP contribution >= 0.6 is 11.8 Å². The molecule has 0 bridgehead atoms. The molecular formula is C17H22FN3O2S. The van der Waals surface area contributed by atoms with Gasteiger partial charge >= 0.3 is 6.09 Å². The zero-order chi connectivity index (χ0) is 17.7. The summed E-state index contributed by atoms with van der Waals surface area (Å²) < 4.78 is 20.6. The first-order valence-corrected chi connectivity index (χ1v) is 8.65. The Labute approximate surface area is 145 Å². The van der Waals surface area contributed by atoms with Gasteiger partial charge in [-0.05, 0) is 31.0 Å². The molecule has 0 atom stereocenters. The first-order valence-electron chi connectivity index (χ1n) is 7.83. The number of hydrogen-bond acceptors (Lipinski definition) is 4. The van der Waals surface area contributed by atoms with Crippen LogP contribution in [-0.4, -0.2) is 22.7 Å². The van der Waals surface area contributed by atoms with E-state index in [4.69, 9.17) is 4.74 Å². The summed E-state index contributed by atoms with van der Waals surface area (Å²) in [6, 6.07) is 6.48. The number of nitrogens with zero attached hydrogens (tertiary/aromatic N) is 2. The highest BCUT2D eigenvalue weighted by Gasteiger charge is 2.20. The Bertz CT molecular complexity index is 716. The normalized spacial score (nSPS) is 10.9. The third-order valence-corrected chi connectivity index (χ3v) is 4.55. The molecule has 24 heavy (non-hydrogen) atoms. The molecule has 0 unspecified atom stereocenters. The van der Waals surface area contributed by atoms with Crippen molar-refractivity contribution >= 4 is 17.9 Å². The monoisotopic (exact) mass is 351 g/mol. The first kappa shape index (κ1) is 18.3. The summed E-state index contributed by atoms with van der Waals surface area (Å²) in [4.78, 5) is 16.8. The van der Waals surface area contributed by atoms with E-state index in [1.54, 1.807) is 6.07 Å². The summed E-state index contributed by atoms with van der Waals surface area (Å²) in [6.07, 6.45) is -0.494. The van der Waals surface area contributed by atoms with E-state index in [9.17, 15) is 9.18 Å². The molecule has 0 fully saturated rings. The molecule has 1 N–H and O–H groups in total. The van der Waals surface area contributed by atoms with E-state index >= 15 is 0 Å². The number of nitrogens with one attached hydrogen (secondary N) is 1. The second-order valence-corrected chi connectivity index (χ2v) is 6.57. The van der Waals surface area contributed by atoms with Gasteiger partial charge in [0, 0.05) is 18.5 Å². The highest BCUT2D eigenvalue weighted by molar-refractivity contribution is 7.99. The van der Waals surface area contributed by atoms with Gasteiger partial charge in [0.2, 0.25) is 0 Å². The number of halogens is 1. The van der Waals surface area contributed by atoms with E-state index in [-0.39, 0.29) is 18.3 Å². The zero-order valence-electron chi connectivity index (χ0n) is 14.3. The molecular weight excluding hydrogens is 329 g/mol. The minimum absolute atomic E-state index is 0.0942. The van der Waals surface area contributed by atoms with E-state index in [1.165, 1.54) is 30.9 Å². The van der Waals surface area contributed by atoms with E-state index in [2.05, 4.69) is 24.1 Å². The Kier molecular flexibility index (Phi) is 6.25. The van der Waals surface area contributed by atoms with Crippen LogP contribution in [0.4, 0.5) is 9.18 Å². The van der Waals surface area contributed by atoms with Crippen LogP contribution in [0.5, 0.6) is 0 Å². The lowest BCUT2D eigenvalue weighted by atomic mass is 10.1. The van der Waals surface area contributed by atoms with Crippen molar-refractivity contribution in [2.24, 2.45) is 0 Å². The Morgan fingerprint density at radius 3 is 2.79 bits per heavy atom. The molecule has 0 aliphatic rings. The largest absolute Gasteiger partial charge is 0.441 e. The van der Waals surface area contributed by atoms with Crippen LogP contribution in [0.1, 0.15) is 38.2 Å². The predicted octanol–water partition coefficient (Wildman–Crippen LogP) is 4.17. The van der Waals surface area contributed by atoms with Gasteiger partial charge in [0.15, 0.2) is 6.61 Å². The topological polar surface area (TPSA) is 56.1 Å². The molecule has 0 aliphatic carbocycles. The number of carbonyl (C=O) groups is 1. The first-order chi connectivity index (χ1) is 11.5. The second-order valence-electron chi connectivity index (χ2n) is 5.50. The Morgan fingerprint density at radius 2 is 2.21 bits per heavy atom. The average molecular weight is 351 g/mol. The molecule has 130 valence electrons. The summed E-state index contributed by atoms with van der Waals surface area (Å²) in [5.74, 6) is 0.619. The molecule has 1 aromatic carbocycles. The number of alkyl carbamates (subject to hydrolysis) is 1. The van der Waals surface area contributed by atoms with Crippen molar-refractivity contribution in [3.8, 4) is 0 Å². The number of benzene rings is 1.